The summed E-state index contributed by atoms with van der Waals surface area (Å²) < 4.78 is 5.21. The minimum absolute atomic E-state index is 0.0165. The number of aromatic amines is 1. The molecule has 1 saturated carbocycles. The van der Waals surface area contributed by atoms with Gasteiger partial charge in [-0.15, -0.1) is 0 Å². The van der Waals surface area contributed by atoms with Gasteiger partial charge >= 0.3 is 4.87 Å². The Morgan fingerprint density at radius 2 is 1.91 bits per heavy atom. The van der Waals surface area contributed by atoms with Crippen molar-refractivity contribution in [3.8, 4) is 17.0 Å². The number of ether oxygens (including phenoxy) is 1. The summed E-state index contributed by atoms with van der Waals surface area (Å²) in [4.78, 5) is 18.4. The van der Waals surface area contributed by atoms with E-state index < -0.39 is 0 Å². The highest BCUT2D eigenvalue weighted by Gasteiger charge is 2.20. The van der Waals surface area contributed by atoms with E-state index in [9.17, 15) is 4.79 Å². The van der Waals surface area contributed by atoms with Crippen molar-refractivity contribution in [2.45, 2.75) is 44.7 Å². The fraction of sp³-hybridized carbons (Fsp3) is 0.500. The predicted octanol–water partition coefficient (Wildman–Crippen LogP) is 3.88. The first-order valence-corrected chi connectivity index (χ1v) is 9.05. The molecule has 0 saturated heterocycles. The second-order valence-corrected chi connectivity index (χ2v) is 7.32. The van der Waals surface area contributed by atoms with Gasteiger partial charge in [0.15, 0.2) is 0 Å². The summed E-state index contributed by atoms with van der Waals surface area (Å²) >= 11 is 1.33. The van der Waals surface area contributed by atoms with Gasteiger partial charge < -0.3 is 9.72 Å². The molecule has 1 aliphatic rings. The molecule has 0 spiro atoms. The standard InChI is InChI=1S/C18H24N2O2S/c1-20(14-6-4-3-5-7-14)12-16-17(19-18(21)23-16)13-8-10-15(22-2)11-9-13/h8-11,14H,3-7,12H2,1-2H3,(H,19,21). The van der Waals surface area contributed by atoms with E-state index in [2.05, 4.69) is 16.9 Å². The molecule has 1 heterocycles. The quantitative estimate of drug-likeness (QED) is 0.904. The number of benzene rings is 1. The van der Waals surface area contributed by atoms with E-state index >= 15 is 0 Å². The Morgan fingerprint density at radius 3 is 2.57 bits per heavy atom. The number of methoxy groups -OCH3 is 1. The highest BCUT2D eigenvalue weighted by atomic mass is 32.1. The molecular formula is C18H24N2O2S. The third-order valence-corrected chi connectivity index (χ3v) is 5.56. The fourth-order valence-corrected chi connectivity index (χ4v) is 4.26. The molecule has 0 atom stereocenters. The molecule has 1 fully saturated rings. The molecule has 1 aromatic carbocycles. The lowest BCUT2D eigenvalue weighted by Gasteiger charge is -2.31. The van der Waals surface area contributed by atoms with Gasteiger partial charge in [0.25, 0.3) is 0 Å². The maximum Gasteiger partial charge on any atom is 0.305 e. The van der Waals surface area contributed by atoms with E-state index in [1.807, 2.05) is 24.3 Å². The Kier molecular flexibility index (Phi) is 5.18. The molecule has 0 unspecified atom stereocenters. The van der Waals surface area contributed by atoms with Crippen LogP contribution in [-0.2, 0) is 6.54 Å². The summed E-state index contributed by atoms with van der Waals surface area (Å²) in [5.74, 6) is 0.826. The fourth-order valence-electron chi connectivity index (χ4n) is 3.34. The second kappa shape index (κ2) is 7.32. The van der Waals surface area contributed by atoms with Gasteiger partial charge in [-0.3, -0.25) is 9.69 Å². The molecule has 3 rings (SSSR count). The smallest absolute Gasteiger partial charge is 0.305 e. The average molecular weight is 332 g/mol. The van der Waals surface area contributed by atoms with Crippen LogP contribution in [0.3, 0.4) is 0 Å². The van der Waals surface area contributed by atoms with Crippen LogP contribution in [0.4, 0.5) is 0 Å². The van der Waals surface area contributed by atoms with Crippen LogP contribution < -0.4 is 9.61 Å². The lowest BCUT2D eigenvalue weighted by Crippen LogP contribution is -2.32. The Labute approximate surface area is 141 Å². The van der Waals surface area contributed by atoms with Crippen molar-refractivity contribution in [1.29, 1.82) is 0 Å². The van der Waals surface area contributed by atoms with Crippen LogP contribution in [0.2, 0.25) is 0 Å². The van der Waals surface area contributed by atoms with Crippen LogP contribution in [0.5, 0.6) is 5.75 Å². The summed E-state index contributed by atoms with van der Waals surface area (Å²) in [6.45, 7) is 0.829. The zero-order chi connectivity index (χ0) is 16.2. The summed E-state index contributed by atoms with van der Waals surface area (Å²) in [6, 6.07) is 8.51. The van der Waals surface area contributed by atoms with Crippen molar-refractivity contribution in [3.63, 3.8) is 0 Å². The van der Waals surface area contributed by atoms with E-state index in [1.165, 1.54) is 43.4 Å². The van der Waals surface area contributed by atoms with Crippen molar-refractivity contribution in [2.24, 2.45) is 0 Å². The summed E-state index contributed by atoms with van der Waals surface area (Å²) in [5, 5.41) is 0. The lowest BCUT2D eigenvalue weighted by atomic mass is 9.94. The minimum Gasteiger partial charge on any atom is -0.497 e. The predicted molar refractivity (Wildman–Crippen MR) is 95.3 cm³/mol. The summed E-state index contributed by atoms with van der Waals surface area (Å²) in [6.07, 6.45) is 6.55. The highest BCUT2D eigenvalue weighted by molar-refractivity contribution is 7.09. The normalized spacial score (nSPS) is 16.0. The minimum atomic E-state index is 0.0165. The van der Waals surface area contributed by atoms with Gasteiger partial charge in [-0.05, 0) is 49.7 Å². The summed E-state index contributed by atoms with van der Waals surface area (Å²) in [7, 11) is 3.84. The molecule has 23 heavy (non-hydrogen) atoms. The molecule has 4 nitrogen and oxygen atoms in total. The SMILES string of the molecule is COc1ccc(-c2[nH]c(=O)sc2CN(C)C2CCCCC2)cc1. The molecule has 1 aromatic heterocycles. The highest BCUT2D eigenvalue weighted by Crippen LogP contribution is 2.28. The Hall–Kier alpha value is -1.59. The number of rotatable bonds is 5. The molecule has 124 valence electrons. The van der Waals surface area contributed by atoms with E-state index in [0.29, 0.717) is 6.04 Å². The van der Waals surface area contributed by atoms with Crippen molar-refractivity contribution < 1.29 is 4.74 Å². The number of nitrogens with zero attached hydrogens (tertiary/aromatic N) is 1. The third-order valence-electron chi connectivity index (χ3n) is 4.69. The van der Waals surface area contributed by atoms with Gasteiger partial charge in [-0.25, -0.2) is 0 Å². The van der Waals surface area contributed by atoms with Crippen LogP contribution in [-0.4, -0.2) is 30.1 Å². The topological polar surface area (TPSA) is 45.3 Å². The van der Waals surface area contributed by atoms with Crippen LogP contribution in [0, 0.1) is 0 Å². The maximum absolute atomic E-state index is 11.9. The van der Waals surface area contributed by atoms with Gasteiger partial charge in [0.1, 0.15) is 5.75 Å². The van der Waals surface area contributed by atoms with Crippen LogP contribution in [0.25, 0.3) is 11.3 Å². The zero-order valence-corrected chi connectivity index (χ0v) is 14.6. The Balaban J connectivity index is 1.80. The molecule has 1 N–H and O–H groups in total. The number of hydrogen-bond acceptors (Lipinski definition) is 4. The van der Waals surface area contributed by atoms with Crippen molar-refractivity contribution in [3.05, 3.63) is 38.8 Å². The Morgan fingerprint density at radius 1 is 1.22 bits per heavy atom. The van der Waals surface area contributed by atoms with Crippen molar-refractivity contribution >= 4 is 11.3 Å². The van der Waals surface area contributed by atoms with Gasteiger partial charge in [0, 0.05) is 17.5 Å². The third kappa shape index (κ3) is 3.85. The van der Waals surface area contributed by atoms with Gasteiger partial charge in [0.05, 0.1) is 12.8 Å². The molecule has 1 aliphatic carbocycles. The molecular weight excluding hydrogens is 308 g/mol. The number of nitrogens with one attached hydrogen (secondary N) is 1. The molecule has 0 amide bonds. The van der Waals surface area contributed by atoms with Crippen molar-refractivity contribution in [2.75, 3.05) is 14.2 Å². The van der Waals surface area contributed by atoms with Crippen LogP contribution in [0.15, 0.2) is 29.1 Å². The molecule has 0 radical (unpaired) electrons. The maximum atomic E-state index is 11.9. The molecule has 5 heteroatoms. The van der Waals surface area contributed by atoms with E-state index in [4.69, 9.17) is 4.74 Å². The van der Waals surface area contributed by atoms with E-state index in [1.54, 1.807) is 7.11 Å². The van der Waals surface area contributed by atoms with Gasteiger partial charge in [-0.1, -0.05) is 30.6 Å². The van der Waals surface area contributed by atoms with Gasteiger partial charge in [-0.2, -0.15) is 0 Å². The first-order chi connectivity index (χ1) is 11.2. The van der Waals surface area contributed by atoms with Crippen LogP contribution >= 0.6 is 11.3 Å². The largest absolute Gasteiger partial charge is 0.497 e. The number of aromatic nitrogens is 1. The first-order valence-electron chi connectivity index (χ1n) is 8.24. The second-order valence-electron chi connectivity index (χ2n) is 6.25. The van der Waals surface area contributed by atoms with Gasteiger partial charge in [0.2, 0.25) is 0 Å². The average Bonchev–Trinajstić information content (AvgIpc) is 2.96. The molecule has 0 aliphatic heterocycles. The Bertz CT molecular complexity index is 684. The number of thiazole rings is 1. The lowest BCUT2D eigenvalue weighted by molar-refractivity contribution is 0.186. The number of H-pyrrole nitrogens is 1. The molecule has 2 aromatic rings. The first kappa shape index (κ1) is 16.3. The molecule has 0 bridgehead atoms. The zero-order valence-electron chi connectivity index (χ0n) is 13.8. The van der Waals surface area contributed by atoms with Crippen LogP contribution in [0.1, 0.15) is 37.0 Å². The summed E-state index contributed by atoms with van der Waals surface area (Å²) in [5.41, 5.74) is 1.99. The van der Waals surface area contributed by atoms with Crippen molar-refractivity contribution in [1.82, 2.24) is 9.88 Å². The van der Waals surface area contributed by atoms with E-state index in [-0.39, 0.29) is 4.87 Å². The van der Waals surface area contributed by atoms with E-state index in [0.717, 1.165) is 28.4 Å². The number of hydrogen-bond donors (Lipinski definition) is 1. The monoisotopic (exact) mass is 332 g/mol.